The van der Waals surface area contributed by atoms with Gasteiger partial charge in [0.2, 0.25) is 0 Å². The van der Waals surface area contributed by atoms with Crippen molar-refractivity contribution < 1.29 is 9.50 Å². The molecule has 1 aliphatic heterocycles. The fourth-order valence-corrected chi connectivity index (χ4v) is 4.18. The highest BCUT2D eigenvalue weighted by Crippen LogP contribution is 2.31. The van der Waals surface area contributed by atoms with E-state index >= 15 is 0 Å². The van der Waals surface area contributed by atoms with Crippen molar-refractivity contribution in [1.29, 1.82) is 0 Å². The number of alkyl halides is 1. The van der Waals surface area contributed by atoms with Gasteiger partial charge in [0.05, 0.1) is 18.3 Å². The van der Waals surface area contributed by atoms with Crippen molar-refractivity contribution in [3.05, 3.63) is 65.5 Å². The summed E-state index contributed by atoms with van der Waals surface area (Å²) < 4.78 is 13.9. The van der Waals surface area contributed by atoms with Crippen LogP contribution in [0.2, 0.25) is 0 Å². The first-order valence-corrected chi connectivity index (χ1v) is 10.4. The smallest absolute Gasteiger partial charge is 0.118 e. The third-order valence-electron chi connectivity index (χ3n) is 5.65. The zero-order valence-electron chi connectivity index (χ0n) is 17.7. The van der Waals surface area contributed by atoms with Crippen LogP contribution in [0.4, 0.5) is 4.39 Å². The van der Waals surface area contributed by atoms with Gasteiger partial charge in [-0.1, -0.05) is 30.3 Å². The van der Waals surface area contributed by atoms with Crippen LogP contribution < -0.4 is 0 Å². The Morgan fingerprint density at radius 1 is 1.20 bits per heavy atom. The first-order valence-electron chi connectivity index (χ1n) is 10.4. The number of H-pyrrole nitrogens is 2. The zero-order chi connectivity index (χ0) is 21.3. The van der Waals surface area contributed by atoms with Crippen molar-refractivity contribution in [2.75, 3.05) is 6.54 Å². The molecule has 0 amide bonds. The molecule has 0 aliphatic carbocycles. The number of hydrogen-bond acceptors (Lipinski definition) is 3. The molecule has 0 bridgehead atoms. The molecule has 2 aromatic carbocycles. The number of fused-ring (bicyclic) bond motifs is 4. The molecule has 5 nitrogen and oxygen atoms in total. The molecule has 0 saturated carbocycles. The second-order valence-corrected chi connectivity index (χ2v) is 8.75. The lowest BCUT2D eigenvalue weighted by Gasteiger charge is -2.36. The Hall–Kier alpha value is -2.70. The van der Waals surface area contributed by atoms with Crippen LogP contribution in [0.15, 0.2) is 48.7 Å². The van der Waals surface area contributed by atoms with Crippen LogP contribution in [-0.2, 0) is 19.6 Å². The lowest BCUT2D eigenvalue weighted by atomic mass is 9.96. The molecule has 0 saturated heterocycles. The number of aliphatic hydroxyl groups excluding tert-OH is 1. The van der Waals surface area contributed by atoms with Crippen LogP contribution in [0.3, 0.4) is 0 Å². The minimum absolute atomic E-state index is 0.0783. The fraction of sp³-hybridized carbons (Fsp3) is 0.375. The van der Waals surface area contributed by atoms with Crippen molar-refractivity contribution >= 4 is 21.8 Å². The lowest BCUT2D eigenvalue weighted by molar-refractivity contribution is 0.0853. The minimum atomic E-state index is -1.14. The maximum atomic E-state index is 13.9. The molecule has 0 radical (unpaired) electrons. The van der Waals surface area contributed by atoms with Crippen molar-refractivity contribution in [2.24, 2.45) is 0 Å². The van der Waals surface area contributed by atoms with Gasteiger partial charge in [-0.2, -0.15) is 5.10 Å². The van der Waals surface area contributed by atoms with E-state index in [2.05, 4.69) is 51.3 Å². The molecule has 3 N–H and O–H groups in total. The van der Waals surface area contributed by atoms with Gasteiger partial charge in [0.25, 0.3) is 0 Å². The molecule has 3 heterocycles. The molecule has 6 heteroatoms. The van der Waals surface area contributed by atoms with E-state index in [0.29, 0.717) is 12.6 Å². The summed E-state index contributed by atoms with van der Waals surface area (Å²) in [6, 6.07) is 14.5. The number of aromatic nitrogens is 3. The number of aliphatic hydroxyl groups is 1. The quantitative estimate of drug-likeness (QED) is 0.460. The second kappa shape index (κ2) is 8.20. The first kappa shape index (κ1) is 20.6. The summed E-state index contributed by atoms with van der Waals surface area (Å²) in [4.78, 5) is 5.72. The van der Waals surface area contributed by atoms with Crippen molar-refractivity contribution in [3.8, 4) is 0 Å². The minimum Gasteiger partial charge on any atom is -0.392 e. The van der Waals surface area contributed by atoms with Crippen LogP contribution >= 0.6 is 0 Å². The predicted octanol–water partition coefficient (Wildman–Crippen LogP) is 4.72. The molecule has 30 heavy (non-hydrogen) atoms. The number of rotatable bonds is 3. The SMILES string of the molecule is CC1Cc2c([nH]c3ccccc23)CN1CC(C)(C)F.OCc1ccc2cn[nH]c2c1. The van der Waals surface area contributed by atoms with Crippen LogP contribution in [0.25, 0.3) is 21.8 Å². The average molecular weight is 409 g/mol. The first-order chi connectivity index (χ1) is 14.3. The van der Waals surface area contributed by atoms with E-state index in [0.717, 1.165) is 29.4 Å². The van der Waals surface area contributed by atoms with E-state index in [9.17, 15) is 4.39 Å². The molecule has 0 spiro atoms. The molecular weight excluding hydrogens is 379 g/mol. The standard InChI is InChI=1S/C16H21FN2.C8H8N2O/c1-11-8-13-12-6-4-5-7-14(12)18-15(13)9-19(11)10-16(2,3)17;11-5-6-1-2-7-4-9-10-8(7)3-6/h4-7,11,18H,8-10H2,1-3H3;1-4,11H,5H2,(H,9,10). The molecule has 4 aromatic rings. The van der Waals surface area contributed by atoms with E-state index in [4.69, 9.17) is 5.11 Å². The van der Waals surface area contributed by atoms with Gasteiger partial charge in [0, 0.05) is 41.1 Å². The number of hydrogen-bond donors (Lipinski definition) is 3. The third kappa shape index (κ3) is 4.40. The molecule has 1 unspecified atom stereocenters. The highest BCUT2D eigenvalue weighted by atomic mass is 19.1. The van der Waals surface area contributed by atoms with Crippen LogP contribution in [0.5, 0.6) is 0 Å². The van der Waals surface area contributed by atoms with Crippen molar-refractivity contribution in [1.82, 2.24) is 20.1 Å². The van der Waals surface area contributed by atoms with Gasteiger partial charge in [0.1, 0.15) is 5.67 Å². The van der Waals surface area contributed by atoms with Gasteiger partial charge in [-0.05, 0) is 50.5 Å². The Kier molecular flexibility index (Phi) is 5.62. The largest absolute Gasteiger partial charge is 0.392 e. The summed E-state index contributed by atoms with van der Waals surface area (Å²) in [7, 11) is 0. The van der Waals surface area contributed by atoms with E-state index in [1.165, 1.54) is 22.2 Å². The number of halogens is 1. The molecule has 5 rings (SSSR count). The van der Waals surface area contributed by atoms with Crippen molar-refractivity contribution in [2.45, 2.75) is 52.1 Å². The van der Waals surface area contributed by atoms with E-state index < -0.39 is 5.67 Å². The Morgan fingerprint density at radius 2 is 2.00 bits per heavy atom. The highest BCUT2D eigenvalue weighted by Gasteiger charge is 2.30. The average Bonchev–Trinajstić information content (AvgIpc) is 3.31. The Morgan fingerprint density at radius 3 is 2.77 bits per heavy atom. The highest BCUT2D eigenvalue weighted by molar-refractivity contribution is 5.85. The predicted molar refractivity (Wildman–Crippen MR) is 119 cm³/mol. The van der Waals surface area contributed by atoms with Gasteiger partial charge >= 0.3 is 0 Å². The van der Waals surface area contributed by atoms with Gasteiger partial charge in [0.15, 0.2) is 0 Å². The second-order valence-electron chi connectivity index (χ2n) is 8.75. The maximum Gasteiger partial charge on any atom is 0.118 e. The molecule has 0 fully saturated rings. The number of para-hydroxylation sites is 1. The summed E-state index contributed by atoms with van der Waals surface area (Å²) >= 11 is 0. The Bertz CT molecular complexity index is 1140. The van der Waals surface area contributed by atoms with E-state index in [1.54, 1.807) is 20.0 Å². The van der Waals surface area contributed by atoms with Gasteiger partial charge in [-0.3, -0.25) is 10.00 Å². The molecular formula is C24H29FN4O. The van der Waals surface area contributed by atoms with Gasteiger partial charge in [-0.15, -0.1) is 0 Å². The van der Waals surface area contributed by atoms with E-state index in [-0.39, 0.29) is 6.61 Å². The van der Waals surface area contributed by atoms with Gasteiger partial charge in [-0.25, -0.2) is 4.39 Å². The third-order valence-corrected chi connectivity index (χ3v) is 5.65. The summed E-state index contributed by atoms with van der Waals surface area (Å²) in [5, 5.41) is 17.9. The Labute approximate surface area is 175 Å². The lowest BCUT2D eigenvalue weighted by Crippen LogP contribution is -2.44. The summed E-state index contributed by atoms with van der Waals surface area (Å²) in [5.74, 6) is 0. The molecule has 2 aromatic heterocycles. The van der Waals surface area contributed by atoms with Crippen LogP contribution in [0.1, 0.15) is 37.6 Å². The molecule has 158 valence electrons. The Balaban J connectivity index is 0.000000168. The number of aromatic amines is 2. The maximum absolute atomic E-state index is 13.9. The molecule has 1 atom stereocenters. The zero-order valence-corrected chi connectivity index (χ0v) is 17.7. The number of benzene rings is 2. The van der Waals surface area contributed by atoms with Crippen molar-refractivity contribution in [3.63, 3.8) is 0 Å². The normalized spacial score (nSPS) is 17.0. The summed E-state index contributed by atoms with van der Waals surface area (Å²) in [6.45, 7) is 6.88. The summed E-state index contributed by atoms with van der Waals surface area (Å²) in [6.07, 6.45) is 2.76. The molecule has 1 aliphatic rings. The summed E-state index contributed by atoms with van der Waals surface area (Å²) in [5.41, 5.74) is 4.59. The monoisotopic (exact) mass is 408 g/mol. The van der Waals surface area contributed by atoms with Crippen LogP contribution in [0, 0.1) is 0 Å². The fourth-order valence-electron chi connectivity index (χ4n) is 4.18. The topological polar surface area (TPSA) is 67.9 Å². The van der Waals surface area contributed by atoms with E-state index in [1.807, 2.05) is 18.2 Å². The van der Waals surface area contributed by atoms with Gasteiger partial charge < -0.3 is 10.1 Å². The number of nitrogens with one attached hydrogen (secondary N) is 2. The van der Waals surface area contributed by atoms with Crippen LogP contribution in [-0.4, -0.2) is 43.4 Å². The number of nitrogens with zero attached hydrogens (tertiary/aromatic N) is 2.